The molecule has 96 valence electrons. The van der Waals surface area contributed by atoms with Crippen molar-refractivity contribution >= 4 is 12.0 Å². The second kappa shape index (κ2) is 6.57. The number of ether oxygens (including phenoxy) is 1. The van der Waals surface area contributed by atoms with Gasteiger partial charge in [0, 0.05) is 13.7 Å². The maximum atomic E-state index is 5.32. The zero-order chi connectivity index (χ0) is 12.6. The van der Waals surface area contributed by atoms with Crippen molar-refractivity contribution < 1.29 is 9.15 Å². The van der Waals surface area contributed by atoms with Gasteiger partial charge in [-0.1, -0.05) is 5.10 Å². The first-order valence-electron chi connectivity index (χ1n) is 5.31. The Morgan fingerprint density at radius 1 is 1.28 bits per heavy atom. The van der Waals surface area contributed by atoms with Gasteiger partial charge >= 0.3 is 6.01 Å². The van der Waals surface area contributed by atoms with Crippen molar-refractivity contribution in [3.8, 4) is 0 Å². The molecule has 0 saturated carbocycles. The number of methoxy groups -OCH3 is 1. The molecule has 0 aliphatic heterocycles. The number of hydrogen-bond acceptors (Lipinski definition) is 9. The minimum atomic E-state index is 0.228. The fraction of sp³-hybridized carbons (Fsp3) is 0.444. The minimum absolute atomic E-state index is 0.228. The monoisotopic (exact) mass is 251 g/mol. The summed E-state index contributed by atoms with van der Waals surface area (Å²) in [6.07, 6.45) is 2.99. The number of hydrogen-bond donors (Lipinski definition) is 2. The van der Waals surface area contributed by atoms with Crippen molar-refractivity contribution in [2.24, 2.45) is 0 Å². The van der Waals surface area contributed by atoms with Gasteiger partial charge in [0.2, 0.25) is 5.89 Å². The van der Waals surface area contributed by atoms with Crippen LogP contribution in [-0.2, 0) is 11.3 Å². The van der Waals surface area contributed by atoms with Crippen LogP contribution in [0.3, 0.4) is 0 Å². The third-order valence-electron chi connectivity index (χ3n) is 1.93. The average Bonchev–Trinajstić information content (AvgIpc) is 2.84. The standard InChI is InChI=1S/C9H13N7O2/c1-17-5-4-10-6-7-14-16-9(18-7)13-8-11-2-3-12-15-8/h2-3,10H,4-6H2,1H3,(H,11,13,15,16). The van der Waals surface area contributed by atoms with Crippen LogP contribution in [-0.4, -0.2) is 45.6 Å². The molecule has 2 aromatic heterocycles. The van der Waals surface area contributed by atoms with E-state index in [9.17, 15) is 0 Å². The summed E-state index contributed by atoms with van der Waals surface area (Å²) in [6, 6.07) is 0.228. The van der Waals surface area contributed by atoms with Crippen LogP contribution in [0.25, 0.3) is 0 Å². The molecular formula is C9H13N7O2. The maximum absolute atomic E-state index is 5.32. The third-order valence-corrected chi connectivity index (χ3v) is 1.93. The van der Waals surface area contributed by atoms with Crippen LogP contribution in [0, 0.1) is 0 Å². The zero-order valence-corrected chi connectivity index (χ0v) is 9.83. The van der Waals surface area contributed by atoms with E-state index in [1.54, 1.807) is 7.11 Å². The second-order valence-electron chi connectivity index (χ2n) is 3.26. The maximum Gasteiger partial charge on any atom is 0.322 e. The number of rotatable bonds is 7. The van der Waals surface area contributed by atoms with Crippen molar-refractivity contribution in [2.45, 2.75) is 6.54 Å². The van der Waals surface area contributed by atoms with Gasteiger partial charge in [-0.3, -0.25) is 5.32 Å². The Morgan fingerprint density at radius 2 is 2.22 bits per heavy atom. The number of nitrogens with zero attached hydrogens (tertiary/aromatic N) is 5. The molecule has 0 unspecified atom stereocenters. The fourth-order valence-corrected chi connectivity index (χ4v) is 1.15. The molecule has 0 aliphatic carbocycles. The molecule has 18 heavy (non-hydrogen) atoms. The van der Waals surface area contributed by atoms with Crippen molar-refractivity contribution in [2.75, 3.05) is 25.6 Å². The second-order valence-corrected chi connectivity index (χ2v) is 3.26. The molecule has 0 atom stereocenters. The van der Waals surface area contributed by atoms with Gasteiger partial charge in [0.1, 0.15) is 0 Å². The van der Waals surface area contributed by atoms with Gasteiger partial charge in [0.25, 0.3) is 5.95 Å². The first-order chi connectivity index (χ1) is 8.88. The Balaban J connectivity index is 1.83. The smallest absolute Gasteiger partial charge is 0.322 e. The van der Waals surface area contributed by atoms with E-state index in [1.807, 2.05) is 0 Å². The highest BCUT2D eigenvalue weighted by Crippen LogP contribution is 2.09. The van der Waals surface area contributed by atoms with Crippen LogP contribution < -0.4 is 10.6 Å². The molecule has 2 aromatic rings. The highest BCUT2D eigenvalue weighted by atomic mass is 16.5. The molecule has 0 radical (unpaired) electrons. The van der Waals surface area contributed by atoms with Crippen LogP contribution in [0.15, 0.2) is 16.8 Å². The van der Waals surface area contributed by atoms with Crippen LogP contribution in [0.4, 0.5) is 12.0 Å². The van der Waals surface area contributed by atoms with Crippen LogP contribution in [0.1, 0.15) is 5.89 Å². The molecule has 0 spiro atoms. The van der Waals surface area contributed by atoms with Crippen molar-refractivity contribution in [3.63, 3.8) is 0 Å². The highest BCUT2D eigenvalue weighted by Gasteiger charge is 2.06. The molecule has 0 aliphatic rings. The van der Waals surface area contributed by atoms with E-state index in [0.717, 1.165) is 0 Å². The van der Waals surface area contributed by atoms with Gasteiger partial charge in [-0.15, -0.1) is 10.2 Å². The van der Waals surface area contributed by atoms with Crippen LogP contribution in [0.2, 0.25) is 0 Å². The summed E-state index contributed by atoms with van der Waals surface area (Å²) in [6.45, 7) is 1.82. The van der Waals surface area contributed by atoms with E-state index in [2.05, 4.69) is 36.0 Å². The highest BCUT2D eigenvalue weighted by molar-refractivity contribution is 5.37. The van der Waals surface area contributed by atoms with Gasteiger partial charge in [0.05, 0.1) is 25.5 Å². The largest absolute Gasteiger partial charge is 0.406 e. The van der Waals surface area contributed by atoms with E-state index in [4.69, 9.17) is 9.15 Å². The minimum Gasteiger partial charge on any atom is -0.406 e. The fourth-order valence-electron chi connectivity index (χ4n) is 1.15. The lowest BCUT2D eigenvalue weighted by atomic mass is 10.6. The summed E-state index contributed by atoms with van der Waals surface area (Å²) in [5.41, 5.74) is 0. The normalized spacial score (nSPS) is 10.5. The van der Waals surface area contributed by atoms with E-state index in [0.29, 0.717) is 31.5 Å². The Kier molecular flexibility index (Phi) is 4.50. The number of aromatic nitrogens is 5. The summed E-state index contributed by atoms with van der Waals surface area (Å²) in [7, 11) is 1.64. The first kappa shape index (κ1) is 12.3. The Bertz CT molecular complexity index is 461. The molecule has 2 rings (SSSR count). The predicted molar refractivity (Wildman–Crippen MR) is 61.0 cm³/mol. The molecule has 0 bridgehead atoms. The number of nitrogens with one attached hydrogen (secondary N) is 2. The summed E-state index contributed by atoms with van der Waals surface area (Å²) in [4.78, 5) is 3.93. The van der Waals surface area contributed by atoms with Gasteiger partial charge in [-0.05, 0) is 0 Å². The van der Waals surface area contributed by atoms with Crippen LogP contribution >= 0.6 is 0 Å². The van der Waals surface area contributed by atoms with E-state index >= 15 is 0 Å². The topological polar surface area (TPSA) is 111 Å². The summed E-state index contributed by atoms with van der Waals surface area (Å²) in [5.74, 6) is 0.775. The van der Waals surface area contributed by atoms with Crippen molar-refractivity contribution in [1.82, 2.24) is 30.7 Å². The molecule has 0 fully saturated rings. The quantitative estimate of drug-likeness (QED) is 0.642. The van der Waals surface area contributed by atoms with E-state index < -0.39 is 0 Å². The van der Waals surface area contributed by atoms with Gasteiger partial charge < -0.3 is 14.5 Å². The Morgan fingerprint density at radius 3 is 3.00 bits per heavy atom. The van der Waals surface area contributed by atoms with Gasteiger partial charge in [-0.2, -0.15) is 5.10 Å². The summed E-state index contributed by atoms with van der Waals surface area (Å²) in [5, 5.41) is 20.9. The summed E-state index contributed by atoms with van der Waals surface area (Å²) >= 11 is 0. The lowest BCUT2D eigenvalue weighted by Gasteiger charge is -1.99. The lowest BCUT2D eigenvalue weighted by Crippen LogP contribution is -2.18. The molecule has 9 heteroatoms. The zero-order valence-electron chi connectivity index (χ0n) is 9.83. The summed E-state index contributed by atoms with van der Waals surface area (Å²) < 4.78 is 10.2. The van der Waals surface area contributed by atoms with Crippen molar-refractivity contribution in [3.05, 3.63) is 18.3 Å². The molecule has 2 heterocycles. The van der Waals surface area contributed by atoms with E-state index in [1.165, 1.54) is 12.4 Å². The van der Waals surface area contributed by atoms with Crippen LogP contribution in [0.5, 0.6) is 0 Å². The average molecular weight is 251 g/mol. The molecule has 0 saturated heterocycles. The third kappa shape index (κ3) is 3.71. The molecular weight excluding hydrogens is 238 g/mol. The molecule has 0 amide bonds. The number of anilines is 2. The predicted octanol–water partition coefficient (Wildman–Crippen LogP) is -0.266. The first-order valence-corrected chi connectivity index (χ1v) is 5.31. The van der Waals surface area contributed by atoms with E-state index in [-0.39, 0.29) is 6.01 Å². The SMILES string of the molecule is COCCNCc1nnc(Nc2nccnn2)o1. The molecule has 0 aromatic carbocycles. The molecule has 9 nitrogen and oxygen atoms in total. The van der Waals surface area contributed by atoms with Gasteiger partial charge in [0.15, 0.2) is 0 Å². The van der Waals surface area contributed by atoms with Gasteiger partial charge in [-0.25, -0.2) is 4.98 Å². The Hall–Kier alpha value is -2.13. The molecule has 2 N–H and O–H groups in total. The lowest BCUT2D eigenvalue weighted by molar-refractivity contribution is 0.198. The van der Waals surface area contributed by atoms with Crippen molar-refractivity contribution in [1.29, 1.82) is 0 Å². The Labute approximate surface area is 103 Å².